The van der Waals surface area contributed by atoms with Crippen molar-refractivity contribution < 1.29 is 15.0 Å². The summed E-state index contributed by atoms with van der Waals surface area (Å²) in [5, 5.41) is 21.0. The van der Waals surface area contributed by atoms with Crippen LogP contribution in [-0.2, 0) is 4.79 Å². The number of aliphatic hydroxyl groups excluding tert-OH is 2. The lowest BCUT2D eigenvalue weighted by Gasteiger charge is -2.20. The molecule has 0 amide bonds. The first kappa shape index (κ1) is 8.80. The van der Waals surface area contributed by atoms with E-state index >= 15 is 0 Å². The van der Waals surface area contributed by atoms with Gasteiger partial charge in [0.2, 0.25) is 0 Å². The Bertz CT molecular complexity index is 255. The van der Waals surface area contributed by atoms with Crippen molar-refractivity contribution in [3.8, 4) is 0 Å². The lowest BCUT2D eigenvalue weighted by Crippen LogP contribution is -2.29. The molecule has 0 spiro atoms. The summed E-state index contributed by atoms with van der Waals surface area (Å²) in [6, 6.07) is -0.240. The highest BCUT2D eigenvalue weighted by molar-refractivity contribution is 5.81. The Morgan fingerprint density at radius 2 is 2.42 bits per heavy atom. The van der Waals surface area contributed by atoms with Crippen LogP contribution in [0, 0.1) is 0 Å². The van der Waals surface area contributed by atoms with E-state index in [-0.39, 0.29) is 18.4 Å². The number of hydrogen-bond acceptors (Lipinski definition) is 4. The van der Waals surface area contributed by atoms with Crippen molar-refractivity contribution in [3.05, 3.63) is 23.1 Å². The van der Waals surface area contributed by atoms with Gasteiger partial charge in [-0.05, 0) is 6.92 Å². The summed E-state index contributed by atoms with van der Waals surface area (Å²) in [5.41, 5.74) is 0.601. The Hall–Kier alpha value is -1.29. The summed E-state index contributed by atoms with van der Waals surface area (Å²) in [6.45, 7) is 1.42. The predicted octanol–water partition coefficient (Wildman–Crippen LogP) is -0.135. The third-order valence-electron chi connectivity index (χ3n) is 1.84. The number of rotatable bonds is 2. The van der Waals surface area contributed by atoms with Crippen LogP contribution in [0.25, 0.3) is 0 Å². The zero-order valence-electron chi connectivity index (χ0n) is 6.74. The van der Waals surface area contributed by atoms with E-state index in [4.69, 9.17) is 5.11 Å². The molecule has 0 aromatic heterocycles. The molecule has 0 saturated heterocycles. The van der Waals surface area contributed by atoms with Crippen molar-refractivity contribution in [1.82, 2.24) is 5.32 Å². The highest BCUT2D eigenvalue weighted by Gasteiger charge is 2.19. The monoisotopic (exact) mass is 169 g/mol. The van der Waals surface area contributed by atoms with E-state index in [0.29, 0.717) is 17.4 Å². The van der Waals surface area contributed by atoms with E-state index < -0.39 is 0 Å². The van der Waals surface area contributed by atoms with Crippen molar-refractivity contribution in [2.75, 3.05) is 6.61 Å². The van der Waals surface area contributed by atoms with Crippen molar-refractivity contribution >= 4 is 6.29 Å². The molecule has 66 valence electrons. The van der Waals surface area contributed by atoms with Crippen LogP contribution in [0.1, 0.15) is 6.92 Å². The third kappa shape index (κ3) is 1.33. The first-order valence-corrected chi connectivity index (χ1v) is 3.65. The van der Waals surface area contributed by atoms with Gasteiger partial charge in [-0.1, -0.05) is 0 Å². The zero-order valence-corrected chi connectivity index (χ0v) is 6.74. The summed E-state index contributed by atoms with van der Waals surface area (Å²) in [5.74, 6) is 0.0297. The van der Waals surface area contributed by atoms with Crippen molar-refractivity contribution in [1.29, 1.82) is 0 Å². The first-order valence-electron chi connectivity index (χ1n) is 3.65. The molecule has 4 heteroatoms. The van der Waals surface area contributed by atoms with Crippen LogP contribution in [0.4, 0.5) is 0 Å². The molecule has 0 bridgehead atoms. The maximum Gasteiger partial charge on any atom is 0.151 e. The van der Waals surface area contributed by atoms with Crippen LogP contribution in [0.15, 0.2) is 23.1 Å². The average Bonchev–Trinajstić information content (AvgIpc) is 2.09. The van der Waals surface area contributed by atoms with Crippen LogP contribution >= 0.6 is 0 Å². The maximum absolute atomic E-state index is 10.4. The van der Waals surface area contributed by atoms with E-state index in [1.807, 2.05) is 0 Å². The molecule has 4 nitrogen and oxygen atoms in total. The number of aliphatic hydroxyl groups is 2. The van der Waals surface area contributed by atoms with Gasteiger partial charge >= 0.3 is 0 Å². The third-order valence-corrected chi connectivity index (χ3v) is 1.84. The van der Waals surface area contributed by atoms with Gasteiger partial charge in [0.1, 0.15) is 5.76 Å². The van der Waals surface area contributed by atoms with Crippen LogP contribution in [0.3, 0.4) is 0 Å². The zero-order chi connectivity index (χ0) is 9.14. The molecule has 1 rings (SSSR count). The smallest absolute Gasteiger partial charge is 0.151 e. The molecular formula is C8H11NO3. The fourth-order valence-electron chi connectivity index (χ4n) is 1.07. The molecule has 1 aliphatic rings. The van der Waals surface area contributed by atoms with E-state index in [1.54, 1.807) is 6.92 Å². The highest BCUT2D eigenvalue weighted by atomic mass is 16.3. The predicted molar refractivity (Wildman–Crippen MR) is 43.5 cm³/mol. The Morgan fingerprint density at radius 1 is 1.75 bits per heavy atom. The standard InChI is InChI=1S/C8H11NO3/c1-5-8(12)7(4-11)6(3-10)2-9-5/h2-3,5,9,11-12H,4H2,1H3. The second-order valence-electron chi connectivity index (χ2n) is 2.63. The number of carbonyl (C=O) groups excluding carboxylic acids is 1. The molecule has 0 aromatic carbocycles. The summed E-state index contributed by atoms with van der Waals surface area (Å²) in [7, 11) is 0. The molecule has 1 aliphatic heterocycles. The van der Waals surface area contributed by atoms with Gasteiger partial charge in [-0.25, -0.2) is 0 Å². The van der Waals surface area contributed by atoms with Gasteiger partial charge in [0.05, 0.1) is 12.6 Å². The molecule has 1 heterocycles. The molecule has 0 radical (unpaired) electrons. The van der Waals surface area contributed by atoms with Crippen molar-refractivity contribution in [2.45, 2.75) is 13.0 Å². The number of aldehydes is 1. The average molecular weight is 169 g/mol. The number of carbonyl (C=O) groups is 1. The van der Waals surface area contributed by atoms with Crippen LogP contribution in [0.2, 0.25) is 0 Å². The Kier molecular flexibility index (Phi) is 2.50. The molecule has 0 aliphatic carbocycles. The van der Waals surface area contributed by atoms with Gasteiger partial charge in [-0.3, -0.25) is 4.79 Å². The molecule has 0 aromatic rings. The van der Waals surface area contributed by atoms with Crippen molar-refractivity contribution in [2.24, 2.45) is 0 Å². The minimum atomic E-state index is -0.317. The molecule has 1 unspecified atom stereocenters. The van der Waals surface area contributed by atoms with Gasteiger partial charge in [0.15, 0.2) is 6.29 Å². The van der Waals surface area contributed by atoms with Gasteiger partial charge in [-0.15, -0.1) is 0 Å². The van der Waals surface area contributed by atoms with Gasteiger partial charge in [-0.2, -0.15) is 0 Å². The lowest BCUT2D eigenvalue weighted by atomic mass is 10.0. The van der Waals surface area contributed by atoms with Gasteiger partial charge in [0, 0.05) is 17.3 Å². The molecular weight excluding hydrogens is 158 g/mol. The van der Waals surface area contributed by atoms with E-state index in [9.17, 15) is 9.90 Å². The largest absolute Gasteiger partial charge is 0.510 e. The Morgan fingerprint density at radius 3 is 2.92 bits per heavy atom. The minimum Gasteiger partial charge on any atom is -0.510 e. The lowest BCUT2D eigenvalue weighted by molar-refractivity contribution is -0.104. The molecule has 0 fully saturated rings. The first-order chi connectivity index (χ1) is 5.70. The topological polar surface area (TPSA) is 69.6 Å². The summed E-state index contributed by atoms with van der Waals surface area (Å²) >= 11 is 0. The maximum atomic E-state index is 10.4. The van der Waals surface area contributed by atoms with Crippen LogP contribution < -0.4 is 5.32 Å². The van der Waals surface area contributed by atoms with E-state index in [0.717, 1.165) is 0 Å². The quantitative estimate of drug-likeness (QED) is 0.503. The Balaban J connectivity index is 3.02. The van der Waals surface area contributed by atoms with E-state index in [2.05, 4.69) is 5.32 Å². The van der Waals surface area contributed by atoms with E-state index in [1.165, 1.54) is 6.20 Å². The van der Waals surface area contributed by atoms with Crippen LogP contribution in [-0.4, -0.2) is 29.1 Å². The number of dihydropyridines is 1. The second-order valence-corrected chi connectivity index (χ2v) is 2.63. The summed E-state index contributed by atoms with van der Waals surface area (Å²) < 4.78 is 0. The Labute approximate surface area is 70.2 Å². The normalized spacial score (nSPS) is 23.2. The highest BCUT2D eigenvalue weighted by Crippen LogP contribution is 2.17. The fourth-order valence-corrected chi connectivity index (χ4v) is 1.07. The second kappa shape index (κ2) is 3.40. The minimum absolute atomic E-state index is 0.0297. The van der Waals surface area contributed by atoms with Crippen molar-refractivity contribution in [3.63, 3.8) is 0 Å². The summed E-state index contributed by atoms with van der Waals surface area (Å²) in [6.07, 6.45) is 2.09. The number of hydrogen-bond donors (Lipinski definition) is 3. The SMILES string of the molecule is CC1NC=C(C=O)C(CO)=C1O. The molecule has 0 saturated carbocycles. The van der Waals surface area contributed by atoms with Crippen LogP contribution in [0.5, 0.6) is 0 Å². The number of nitrogens with one attached hydrogen (secondary N) is 1. The summed E-state index contributed by atoms with van der Waals surface area (Å²) in [4.78, 5) is 10.4. The fraction of sp³-hybridized carbons (Fsp3) is 0.375. The molecule has 3 N–H and O–H groups in total. The molecule has 12 heavy (non-hydrogen) atoms. The van der Waals surface area contributed by atoms with Gasteiger partial charge < -0.3 is 15.5 Å². The van der Waals surface area contributed by atoms with Gasteiger partial charge in [0.25, 0.3) is 0 Å². The molecule has 1 atom stereocenters.